The van der Waals surface area contributed by atoms with Gasteiger partial charge in [0.2, 0.25) is 0 Å². The zero-order chi connectivity index (χ0) is 14.7. The molecular formula is C15H21N5. The maximum atomic E-state index is 5.53. The zero-order valence-electron chi connectivity index (χ0n) is 12.4. The number of nitrogens with one attached hydrogen (secondary N) is 2. The third kappa shape index (κ3) is 2.88. The molecule has 0 aliphatic rings. The Balaban J connectivity index is 2.40. The van der Waals surface area contributed by atoms with Gasteiger partial charge in [0.15, 0.2) is 0 Å². The van der Waals surface area contributed by atoms with Crippen molar-refractivity contribution in [2.24, 2.45) is 5.84 Å². The van der Waals surface area contributed by atoms with Gasteiger partial charge in [0.25, 0.3) is 0 Å². The molecule has 4 N–H and O–H groups in total. The van der Waals surface area contributed by atoms with Crippen LogP contribution >= 0.6 is 0 Å². The molecule has 20 heavy (non-hydrogen) atoms. The van der Waals surface area contributed by atoms with E-state index in [0.717, 1.165) is 17.1 Å². The summed E-state index contributed by atoms with van der Waals surface area (Å²) in [6.45, 7) is 8.37. The smallest absolute Gasteiger partial charge is 0.148 e. The molecule has 1 aromatic carbocycles. The molecule has 106 valence electrons. The van der Waals surface area contributed by atoms with E-state index >= 15 is 0 Å². The molecule has 2 aromatic rings. The molecule has 5 heteroatoms. The molecule has 0 unspecified atom stereocenters. The third-order valence-corrected chi connectivity index (χ3v) is 3.37. The van der Waals surface area contributed by atoms with E-state index in [-0.39, 0.29) is 5.92 Å². The molecule has 0 radical (unpaired) electrons. The number of rotatable bonds is 4. The SMILES string of the molecule is Cc1ccc(Nc2ncnc(NN)c2C(C)C)cc1C. The average molecular weight is 271 g/mol. The van der Waals surface area contributed by atoms with Gasteiger partial charge in [0, 0.05) is 11.3 Å². The van der Waals surface area contributed by atoms with Crippen LogP contribution in [0.15, 0.2) is 24.5 Å². The van der Waals surface area contributed by atoms with Crippen LogP contribution in [0.4, 0.5) is 17.3 Å². The predicted molar refractivity (Wildman–Crippen MR) is 83.1 cm³/mol. The number of aryl methyl sites for hydroxylation is 2. The lowest BCUT2D eigenvalue weighted by Crippen LogP contribution is -2.14. The van der Waals surface area contributed by atoms with Crippen molar-refractivity contribution in [1.29, 1.82) is 0 Å². The molecule has 0 amide bonds. The van der Waals surface area contributed by atoms with E-state index in [9.17, 15) is 0 Å². The van der Waals surface area contributed by atoms with Crippen molar-refractivity contribution in [3.8, 4) is 0 Å². The van der Waals surface area contributed by atoms with Crippen molar-refractivity contribution < 1.29 is 0 Å². The predicted octanol–water partition coefficient (Wildman–Crippen LogP) is 3.25. The van der Waals surface area contributed by atoms with E-state index in [1.165, 1.54) is 17.5 Å². The minimum absolute atomic E-state index is 0.260. The normalized spacial score (nSPS) is 10.7. The van der Waals surface area contributed by atoms with Gasteiger partial charge in [0.1, 0.15) is 18.0 Å². The summed E-state index contributed by atoms with van der Waals surface area (Å²) in [5, 5.41) is 3.35. The van der Waals surface area contributed by atoms with Gasteiger partial charge in [-0.15, -0.1) is 0 Å². The highest BCUT2D eigenvalue weighted by Gasteiger charge is 2.14. The fraction of sp³-hybridized carbons (Fsp3) is 0.333. The van der Waals surface area contributed by atoms with E-state index in [0.29, 0.717) is 5.82 Å². The highest BCUT2D eigenvalue weighted by atomic mass is 15.3. The number of hydrogen-bond donors (Lipinski definition) is 3. The van der Waals surface area contributed by atoms with E-state index < -0.39 is 0 Å². The highest BCUT2D eigenvalue weighted by Crippen LogP contribution is 2.30. The number of nitrogens with zero attached hydrogens (tertiary/aromatic N) is 2. The van der Waals surface area contributed by atoms with Crippen molar-refractivity contribution in [2.45, 2.75) is 33.6 Å². The summed E-state index contributed by atoms with van der Waals surface area (Å²) in [6.07, 6.45) is 1.50. The molecule has 2 rings (SSSR count). The van der Waals surface area contributed by atoms with Crippen LogP contribution in [-0.2, 0) is 0 Å². The number of nitrogens with two attached hydrogens (primary N) is 1. The Morgan fingerprint density at radius 3 is 2.35 bits per heavy atom. The van der Waals surface area contributed by atoms with Gasteiger partial charge in [-0.3, -0.25) is 0 Å². The number of nitrogen functional groups attached to an aromatic ring is 1. The van der Waals surface area contributed by atoms with Crippen molar-refractivity contribution in [3.63, 3.8) is 0 Å². The highest BCUT2D eigenvalue weighted by molar-refractivity contribution is 5.66. The standard InChI is InChI=1S/C15H21N5/c1-9(2)13-14(17-8-18-15(13)20-16)19-12-6-5-10(3)11(4)7-12/h5-9H,16H2,1-4H3,(H2,17,18,19,20). The fourth-order valence-electron chi connectivity index (χ4n) is 2.11. The third-order valence-electron chi connectivity index (χ3n) is 3.37. The molecule has 0 aliphatic carbocycles. The molecule has 5 nitrogen and oxygen atoms in total. The first-order valence-electron chi connectivity index (χ1n) is 6.68. The Labute approximate surface area is 119 Å². The summed E-state index contributed by atoms with van der Waals surface area (Å²) >= 11 is 0. The lowest BCUT2D eigenvalue weighted by Gasteiger charge is -2.17. The lowest BCUT2D eigenvalue weighted by molar-refractivity contribution is 0.850. The van der Waals surface area contributed by atoms with Crippen LogP contribution in [0.3, 0.4) is 0 Å². The Morgan fingerprint density at radius 1 is 1.05 bits per heavy atom. The molecule has 1 heterocycles. The van der Waals surface area contributed by atoms with Crippen LogP contribution < -0.4 is 16.6 Å². The van der Waals surface area contributed by atoms with Gasteiger partial charge >= 0.3 is 0 Å². The summed E-state index contributed by atoms with van der Waals surface area (Å²) in [6, 6.07) is 6.25. The molecule has 0 fully saturated rings. The number of hydrogen-bond acceptors (Lipinski definition) is 5. The van der Waals surface area contributed by atoms with E-state index in [4.69, 9.17) is 5.84 Å². The molecule has 0 bridgehead atoms. The number of benzene rings is 1. The second-order valence-corrected chi connectivity index (χ2v) is 5.21. The van der Waals surface area contributed by atoms with Crippen LogP contribution in [0.5, 0.6) is 0 Å². The fourth-order valence-corrected chi connectivity index (χ4v) is 2.11. The number of hydrazine groups is 1. The molecule has 0 spiro atoms. The molecule has 1 aromatic heterocycles. The lowest BCUT2D eigenvalue weighted by atomic mass is 10.0. The van der Waals surface area contributed by atoms with Gasteiger partial charge in [-0.2, -0.15) is 0 Å². The van der Waals surface area contributed by atoms with Crippen LogP contribution in [0.2, 0.25) is 0 Å². The summed E-state index contributed by atoms with van der Waals surface area (Å²) in [5.41, 5.74) is 7.14. The quantitative estimate of drug-likeness (QED) is 0.588. The Morgan fingerprint density at radius 2 is 1.75 bits per heavy atom. The molecular weight excluding hydrogens is 250 g/mol. The van der Waals surface area contributed by atoms with Gasteiger partial charge in [-0.05, 0) is 43.0 Å². The summed E-state index contributed by atoms with van der Waals surface area (Å²) in [5.74, 6) is 7.22. The van der Waals surface area contributed by atoms with Crippen molar-refractivity contribution >= 4 is 17.3 Å². The van der Waals surface area contributed by atoms with Gasteiger partial charge in [0.05, 0.1) is 0 Å². The molecule has 0 aliphatic heterocycles. The van der Waals surface area contributed by atoms with Crippen LogP contribution in [0, 0.1) is 13.8 Å². The van der Waals surface area contributed by atoms with E-state index in [1.54, 1.807) is 0 Å². The first kappa shape index (κ1) is 14.3. The average Bonchev–Trinajstić information content (AvgIpc) is 2.42. The maximum Gasteiger partial charge on any atom is 0.148 e. The van der Waals surface area contributed by atoms with Crippen molar-refractivity contribution in [2.75, 3.05) is 10.7 Å². The van der Waals surface area contributed by atoms with E-state index in [2.05, 4.69) is 60.5 Å². The van der Waals surface area contributed by atoms with Gasteiger partial charge in [-0.1, -0.05) is 19.9 Å². The summed E-state index contributed by atoms with van der Waals surface area (Å²) in [4.78, 5) is 8.50. The first-order valence-corrected chi connectivity index (χ1v) is 6.68. The molecule has 0 saturated carbocycles. The van der Waals surface area contributed by atoms with Gasteiger partial charge < -0.3 is 10.7 Å². The molecule has 0 saturated heterocycles. The van der Waals surface area contributed by atoms with Crippen LogP contribution in [-0.4, -0.2) is 9.97 Å². The van der Waals surface area contributed by atoms with Crippen molar-refractivity contribution in [1.82, 2.24) is 9.97 Å². The number of anilines is 3. The van der Waals surface area contributed by atoms with Crippen LogP contribution in [0.25, 0.3) is 0 Å². The summed E-state index contributed by atoms with van der Waals surface area (Å²) < 4.78 is 0. The first-order chi connectivity index (χ1) is 9.52. The Kier molecular flexibility index (Phi) is 4.20. The van der Waals surface area contributed by atoms with E-state index in [1.807, 2.05) is 6.07 Å². The topological polar surface area (TPSA) is 75.9 Å². The molecule has 0 atom stereocenters. The monoisotopic (exact) mass is 271 g/mol. The zero-order valence-corrected chi connectivity index (χ0v) is 12.4. The summed E-state index contributed by atoms with van der Waals surface area (Å²) in [7, 11) is 0. The minimum atomic E-state index is 0.260. The number of aromatic nitrogens is 2. The maximum absolute atomic E-state index is 5.53. The second kappa shape index (κ2) is 5.88. The Bertz CT molecular complexity index is 607. The minimum Gasteiger partial charge on any atom is -0.340 e. The van der Waals surface area contributed by atoms with Crippen molar-refractivity contribution in [3.05, 3.63) is 41.2 Å². The largest absolute Gasteiger partial charge is 0.340 e. The Hall–Kier alpha value is -2.14. The second-order valence-electron chi connectivity index (χ2n) is 5.21. The van der Waals surface area contributed by atoms with Crippen LogP contribution in [0.1, 0.15) is 36.5 Å². The van der Waals surface area contributed by atoms with Gasteiger partial charge in [-0.25, -0.2) is 15.8 Å².